The number of nitrogen functional groups attached to an aromatic ring is 1. The normalized spacial score (nSPS) is 11.2. The molecule has 0 unspecified atom stereocenters. The molecule has 0 bridgehead atoms. The molecule has 6 heteroatoms. The van der Waals surface area contributed by atoms with Gasteiger partial charge < -0.3 is 5.73 Å². The standard InChI is InChI=1S/C11H7ClN4S/c12-9-3-1-7(2-4-9)5-8(6-13)10-15-16-11(14)17-10/h1-5H,(H2,14,16)/b8-5+. The first kappa shape index (κ1) is 11.6. The van der Waals surface area contributed by atoms with Gasteiger partial charge in [-0.25, -0.2) is 0 Å². The van der Waals surface area contributed by atoms with Crippen molar-refractivity contribution in [2.24, 2.45) is 0 Å². The SMILES string of the molecule is N#C/C(=C\c1ccc(Cl)cc1)c1nnc(N)s1. The van der Waals surface area contributed by atoms with Crippen molar-refractivity contribution in [3.05, 3.63) is 39.9 Å². The van der Waals surface area contributed by atoms with Gasteiger partial charge in [0.2, 0.25) is 5.13 Å². The van der Waals surface area contributed by atoms with Gasteiger partial charge in [0.15, 0.2) is 5.01 Å². The molecule has 0 amide bonds. The third-order valence-electron chi connectivity index (χ3n) is 1.97. The first-order valence-corrected chi connectivity index (χ1v) is 5.85. The molecular formula is C11H7ClN4S. The van der Waals surface area contributed by atoms with E-state index in [1.165, 1.54) is 11.3 Å². The Kier molecular flexibility index (Phi) is 3.38. The largest absolute Gasteiger partial charge is 0.374 e. The van der Waals surface area contributed by atoms with E-state index < -0.39 is 0 Å². The molecule has 2 aromatic rings. The van der Waals surface area contributed by atoms with Gasteiger partial charge in [-0.1, -0.05) is 35.1 Å². The van der Waals surface area contributed by atoms with E-state index in [0.29, 0.717) is 20.7 Å². The van der Waals surface area contributed by atoms with Crippen LogP contribution in [-0.2, 0) is 0 Å². The van der Waals surface area contributed by atoms with Gasteiger partial charge in [0.1, 0.15) is 6.07 Å². The minimum atomic E-state index is 0.345. The van der Waals surface area contributed by atoms with Crippen LogP contribution in [0.1, 0.15) is 10.6 Å². The van der Waals surface area contributed by atoms with Crippen molar-refractivity contribution in [3.8, 4) is 6.07 Å². The number of nitrogens with zero attached hydrogens (tertiary/aromatic N) is 3. The number of anilines is 1. The van der Waals surface area contributed by atoms with E-state index in [1.807, 2.05) is 12.1 Å². The topological polar surface area (TPSA) is 75.6 Å². The quantitative estimate of drug-likeness (QED) is 0.845. The molecule has 0 aliphatic rings. The minimum Gasteiger partial charge on any atom is -0.374 e. The molecule has 0 fully saturated rings. The number of halogens is 1. The van der Waals surface area contributed by atoms with Crippen LogP contribution < -0.4 is 5.73 Å². The van der Waals surface area contributed by atoms with Crippen molar-refractivity contribution in [1.29, 1.82) is 5.26 Å². The zero-order chi connectivity index (χ0) is 12.3. The van der Waals surface area contributed by atoms with Gasteiger partial charge in [0.05, 0.1) is 5.57 Å². The first-order valence-electron chi connectivity index (χ1n) is 4.66. The molecule has 84 valence electrons. The average Bonchev–Trinajstić information content (AvgIpc) is 2.75. The third-order valence-corrected chi connectivity index (χ3v) is 3.01. The van der Waals surface area contributed by atoms with Crippen LogP contribution in [-0.4, -0.2) is 10.2 Å². The Hall–Kier alpha value is -1.90. The number of rotatable bonds is 2. The van der Waals surface area contributed by atoms with Gasteiger partial charge in [-0.2, -0.15) is 5.26 Å². The first-order chi connectivity index (χ1) is 8.19. The number of nitrogens with two attached hydrogens (primary N) is 1. The molecule has 1 aromatic heterocycles. The van der Waals surface area contributed by atoms with E-state index in [9.17, 15) is 0 Å². The Bertz CT molecular complexity index is 595. The minimum absolute atomic E-state index is 0.345. The van der Waals surface area contributed by atoms with Crippen molar-refractivity contribution in [2.45, 2.75) is 0 Å². The highest BCUT2D eigenvalue weighted by Crippen LogP contribution is 2.22. The summed E-state index contributed by atoms with van der Waals surface area (Å²) in [6.07, 6.45) is 1.72. The second-order valence-corrected chi connectivity index (χ2v) is 4.61. The van der Waals surface area contributed by atoms with Crippen molar-refractivity contribution in [3.63, 3.8) is 0 Å². The molecule has 2 rings (SSSR count). The Morgan fingerprint density at radius 2 is 2.06 bits per heavy atom. The van der Waals surface area contributed by atoms with Gasteiger partial charge in [0.25, 0.3) is 0 Å². The summed E-state index contributed by atoms with van der Waals surface area (Å²) in [5, 5.41) is 18.1. The molecule has 0 saturated carbocycles. The number of hydrogen-bond donors (Lipinski definition) is 1. The zero-order valence-corrected chi connectivity index (χ0v) is 10.2. The van der Waals surface area contributed by atoms with Gasteiger partial charge >= 0.3 is 0 Å². The van der Waals surface area contributed by atoms with E-state index in [4.69, 9.17) is 22.6 Å². The van der Waals surface area contributed by atoms with E-state index in [-0.39, 0.29) is 0 Å². The highest BCUT2D eigenvalue weighted by Gasteiger charge is 2.07. The maximum absolute atomic E-state index is 9.06. The fraction of sp³-hybridized carbons (Fsp3) is 0. The summed E-state index contributed by atoms with van der Waals surface area (Å²) in [6, 6.07) is 9.24. The van der Waals surface area contributed by atoms with Crippen molar-refractivity contribution in [2.75, 3.05) is 5.73 Å². The van der Waals surface area contributed by atoms with Crippen LogP contribution in [0.25, 0.3) is 11.6 Å². The Balaban J connectivity index is 2.36. The fourth-order valence-electron chi connectivity index (χ4n) is 1.21. The van der Waals surface area contributed by atoms with Crippen molar-refractivity contribution < 1.29 is 0 Å². The maximum Gasteiger partial charge on any atom is 0.203 e. The highest BCUT2D eigenvalue weighted by molar-refractivity contribution is 7.16. The predicted molar refractivity (Wildman–Crippen MR) is 69.3 cm³/mol. The van der Waals surface area contributed by atoms with Crippen LogP contribution in [0.3, 0.4) is 0 Å². The second kappa shape index (κ2) is 4.95. The van der Waals surface area contributed by atoms with E-state index in [1.54, 1.807) is 18.2 Å². The lowest BCUT2D eigenvalue weighted by molar-refractivity contribution is 1.08. The molecule has 4 nitrogen and oxygen atoms in total. The van der Waals surface area contributed by atoms with Crippen LogP contribution in [0, 0.1) is 11.3 Å². The highest BCUT2D eigenvalue weighted by atomic mass is 35.5. The molecule has 1 aromatic carbocycles. The summed E-state index contributed by atoms with van der Waals surface area (Å²) in [4.78, 5) is 0. The summed E-state index contributed by atoms with van der Waals surface area (Å²) >= 11 is 6.96. The lowest BCUT2D eigenvalue weighted by Gasteiger charge is -1.95. The number of nitriles is 1. The third kappa shape index (κ3) is 2.81. The Morgan fingerprint density at radius 3 is 2.59 bits per heavy atom. The molecule has 0 aliphatic carbocycles. The molecule has 1 heterocycles. The smallest absolute Gasteiger partial charge is 0.203 e. The van der Waals surface area contributed by atoms with Gasteiger partial charge in [-0.15, -0.1) is 10.2 Å². The van der Waals surface area contributed by atoms with Gasteiger partial charge in [-0.3, -0.25) is 0 Å². The summed E-state index contributed by atoms with van der Waals surface area (Å²) in [7, 11) is 0. The molecule has 0 spiro atoms. The lowest BCUT2D eigenvalue weighted by Crippen LogP contribution is -1.82. The van der Waals surface area contributed by atoms with Crippen LogP contribution in [0.15, 0.2) is 24.3 Å². The second-order valence-electron chi connectivity index (χ2n) is 3.17. The number of aromatic nitrogens is 2. The fourth-order valence-corrected chi connectivity index (χ4v) is 1.91. The van der Waals surface area contributed by atoms with Crippen molar-refractivity contribution in [1.82, 2.24) is 10.2 Å². The number of benzene rings is 1. The molecular weight excluding hydrogens is 256 g/mol. The average molecular weight is 263 g/mol. The van der Waals surface area contributed by atoms with Gasteiger partial charge in [-0.05, 0) is 23.8 Å². The Morgan fingerprint density at radius 1 is 1.35 bits per heavy atom. The Labute approximate surface area is 107 Å². The van der Waals surface area contributed by atoms with E-state index in [0.717, 1.165) is 5.56 Å². The van der Waals surface area contributed by atoms with Crippen molar-refractivity contribution >= 4 is 39.7 Å². The van der Waals surface area contributed by atoms with Crippen LogP contribution >= 0.6 is 22.9 Å². The van der Waals surface area contributed by atoms with Gasteiger partial charge in [0, 0.05) is 5.02 Å². The number of hydrogen-bond acceptors (Lipinski definition) is 5. The summed E-state index contributed by atoms with van der Waals surface area (Å²) in [5.41, 5.74) is 6.78. The summed E-state index contributed by atoms with van der Waals surface area (Å²) in [5.74, 6) is 0. The molecule has 17 heavy (non-hydrogen) atoms. The predicted octanol–water partition coefficient (Wildman–Crippen LogP) is 2.84. The number of allylic oxidation sites excluding steroid dienone is 1. The van der Waals surface area contributed by atoms with Crippen LogP contribution in [0.4, 0.5) is 5.13 Å². The molecule has 0 saturated heterocycles. The maximum atomic E-state index is 9.06. The summed E-state index contributed by atoms with van der Waals surface area (Å²) < 4.78 is 0. The molecule has 0 radical (unpaired) electrons. The van der Waals surface area contributed by atoms with E-state index in [2.05, 4.69) is 16.3 Å². The summed E-state index contributed by atoms with van der Waals surface area (Å²) in [6.45, 7) is 0. The lowest BCUT2D eigenvalue weighted by atomic mass is 10.1. The van der Waals surface area contributed by atoms with E-state index >= 15 is 0 Å². The van der Waals surface area contributed by atoms with Crippen LogP contribution in [0.5, 0.6) is 0 Å². The molecule has 2 N–H and O–H groups in total. The monoisotopic (exact) mass is 262 g/mol. The molecule has 0 atom stereocenters. The van der Waals surface area contributed by atoms with Crippen LogP contribution in [0.2, 0.25) is 5.02 Å². The molecule has 0 aliphatic heterocycles. The zero-order valence-electron chi connectivity index (χ0n) is 8.59.